The van der Waals surface area contributed by atoms with Crippen molar-refractivity contribution in [2.45, 2.75) is 0 Å². The van der Waals surface area contributed by atoms with Gasteiger partial charge in [-0.3, -0.25) is 9.97 Å². The predicted octanol–water partition coefficient (Wildman–Crippen LogP) is 14.3. The Morgan fingerprint density at radius 1 is 0.217 bits per heavy atom. The van der Waals surface area contributed by atoms with E-state index in [1.807, 2.05) is 54.9 Å². The van der Waals surface area contributed by atoms with Crippen molar-refractivity contribution >= 4 is 0 Å². The summed E-state index contributed by atoms with van der Waals surface area (Å²) in [5.74, 6) is 0.666. The number of rotatable bonds is 9. The maximum absolute atomic E-state index is 5.40. The van der Waals surface area contributed by atoms with Crippen LogP contribution in [-0.2, 0) is 0 Å². The van der Waals surface area contributed by atoms with Crippen molar-refractivity contribution in [1.82, 2.24) is 19.9 Å². The Kier molecular flexibility index (Phi) is 9.92. The number of benzene rings is 7. The molecule has 0 saturated carbocycles. The van der Waals surface area contributed by atoms with Crippen molar-refractivity contribution in [1.29, 1.82) is 0 Å². The van der Waals surface area contributed by atoms with Crippen LogP contribution in [0.25, 0.3) is 101 Å². The van der Waals surface area contributed by atoms with Crippen LogP contribution in [0.3, 0.4) is 0 Å². The molecule has 0 aliphatic rings. The van der Waals surface area contributed by atoms with E-state index in [1.54, 1.807) is 0 Å². The molecule has 4 heteroatoms. The molecule has 7 aromatic carbocycles. The van der Waals surface area contributed by atoms with Crippen LogP contribution in [0.2, 0.25) is 0 Å². The molecule has 0 N–H and O–H groups in total. The molecule has 0 aliphatic carbocycles. The van der Waals surface area contributed by atoms with Crippen LogP contribution in [-0.4, -0.2) is 19.9 Å². The summed E-state index contributed by atoms with van der Waals surface area (Å²) in [5, 5.41) is 0. The minimum absolute atomic E-state index is 0.666. The van der Waals surface area contributed by atoms with Crippen molar-refractivity contribution < 1.29 is 0 Å². The zero-order chi connectivity index (χ0) is 40.1. The molecule has 0 fully saturated rings. The summed E-state index contributed by atoms with van der Waals surface area (Å²) in [5.41, 5.74) is 17.7. The summed E-state index contributed by atoms with van der Waals surface area (Å²) >= 11 is 0. The lowest BCUT2D eigenvalue weighted by Crippen LogP contribution is -1.98. The molecule has 4 nitrogen and oxygen atoms in total. The van der Waals surface area contributed by atoms with Gasteiger partial charge in [-0.05, 0) is 99.1 Å². The first-order chi connectivity index (χ1) is 29.7. The van der Waals surface area contributed by atoms with Gasteiger partial charge in [0.2, 0.25) is 0 Å². The predicted molar refractivity (Wildman–Crippen MR) is 247 cm³/mol. The molecule has 0 radical (unpaired) electrons. The highest BCUT2D eigenvalue weighted by Gasteiger charge is 2.17. The van der Waals surface area contributed by atoms with Gasteiger partial charge < -0.3 is 0 Å². The van der Waals surface area contributed by atoms with Gasteiger partial charge in [0, 0.05) is 40.2 Å². The smallest absolute Gasteiger partial charge is 0.161 e. The number of hydrogen-bond donors (Lipinski definition) is 0. The molecule has 0 amide bonds. The maximum Gasteiger partial charge on any atom is 0.161 e. The highest BCUT2D eigenvalue weighted by Crippen LogP contribution is 2.39. The van der Waals surface area contributed by atoms with E-state index in [0.29, 0.717) is 5.82 Å². The van der Waals surface area contributed by atoms with E-state index in [9.17, 15) is 0 Å². The average Bonchev–Trinajstić information content (AvgIpc) is 3.35. The summed E-state index contributed by atoms with van der Waals surface area (Å²) < 4.78 is 0. The average molecular weight is 767 g/mol. The Morgan fingerprint density at radius 3 is 1.12 bits per heavy atom. The summed E-state index contributed by atoms with van der Waals surface area (Å²) in [6.07, 6.45) is 3.67. The SMILES string of the molecule is c1ccc(-c2cc(-c3ccccc3-c3cccc(-c4cccc(-c5ccccn5)c4)c3)nc(-c3ccccc3-c3cccc(-c4cccc(-c5ccccn5)c4)c3)n2)cc1. The standard InChI is InChI=1S/C56H38N4/c1-2-16-39(17-3-1)54-38-55(50-28-6-4-26-48(50)44-22-12-18-40(34-44)42-20-14-24-46(36-42)52-30-8-10-32-57-52)60-56(59-54)51-29-7-5-27-49(51)45-23-13-19-41(35-45)43-21-15-25-47(37-43)53-31-9-11-33-58-53/h1-38H. The van der Waals surface area contributed by atoms with Gasteiger partial charge in [-0.25, -0.2) is 9.97 Å². The lowest BCUT2D eigenvalue weighted by atomic mass is 9.93. The molecule has 0 aliphatic heterocycles. The molecule has 0 atom stereocenters. The van der Waals surface area contributed by atoms with Crippen LogP contribution in [0.1, 0.15) is 0 Å². The van der Waals surface area contributed by atoms with E-state index in [4.69, 9.17) is 9.97 Å². The molecule has 60 heavy (non-hydrogen) atoms. The molecule has 10 rings (SSSR count). The molecule has 3 aromatic heterocycles. The molecule has 282 valence electrons. The fourth-order valence-corrected chi connectivity index (χ4v) is 7.87. The topological polar surface area (TPSA) is 51.6 Å². The lowest BCUT2D eigenvalue weighted by Gasteiger charge is -2.15. The molecule has 10 aromatic rings. The van der Waals surface area contributed by atoms with Gasteiger partial charge in [0.1, 0.15) is 0 Å². The highest BCUT2D eigenvalue weighted by atomic mass is 14.9. The fourth-order valence-electron chi connectivity index (χ4n) is 7.87. The Balaban J connectivity index is 1.07. The molecule has 0 unspecified atom stereocenters. The lowest BCUT2D eigenvalue weighted by molar-refractivity contribution is 1.18. The first kappa shape index (κ1) is 36.3. The quantitative estimate of drug-likeness (QED) is 0.147. The first-order valence-electron chi connectivity index (χ1n) is 20.1. The number of nitrogens with zero attached hydrogens (tertiary/aromatic N) is 4. The second kappa shape index (κ2) is 16.4. The molecular formula is C56H38N4. The Morgan fingerprint density at radius 2 is 0.600 bits per heavy atom. The van der Waals surface area contributed by atoms with Gasteiger partial charge in [0.15, 0.2) is 5.82 Å². The Labute approximate surface area is 350 Å². The number of pyridine rings is 2. The molecule has 3 heterocycles. The third-order valence-corrected chi connectivity index (χ3v) is 10.8. The molecule has 0 bridgehead atoms. The van der Waals surface area contributed by atoms with Crippen molar-refractivity contribution in [2.75, 3.05) is 0 Å². The van der Waals surface area contributed by atoms with Crippen LogP contribution in [0, 0.1) is 0 Å². The van der Waals surface area contributed by atoms with E-state index in [1.165, 1.54) is 0 Å². The Hall–Kier alpha value is -8.08. The third-order valence-electron chi connectivity index (χ3n) is 10.8. The largest absolute Gasteiger partial charge is 0.256 e. The van der Waals surface area contributed by atoms with Gasteiger partial charge in [0.05, 0.1) is 22.8 Å². The zero-order valence-corrected chi connectivity index (χ0v) is 32.7. The van der Waals surface area contributed by atoms with Crippen molar-refractivity contribution in [3.8, 4) is 101 Å². The van der Waals surface area contributed by atoms with Gasteiger partial charge in [-0.2, -0.15) is 0 Å². The second-order valence-electron chi connectivity index (χ2n) is 14.7. The van der Waals surface area contributed by atoms with Crippen LogP contribution in [0.15, 0.2) is 231 Å². The zero-order valence-electron chi connectivity index (χ0n) is 32.7. The van der Waals surface area contributed by atoms with Gasteiger partial charge >= 0.3 is 0 Å². The van der Waals surface area contributed by atoms with Crippen LogP contribution >= 0.6 is 0 Å². The Bertz CT molecular complexity index is 2900. The first-order valence-corrected chi connectivity index (χ1v) is 20.1. The summed E-state index contributed by atoms with van der Waals surface area (Å²) in [6, 6.07) is 76.1. The maximum atomic E-state index is 5.40. The summed E-state index contributed by atoms with van der Waals surface area (Å²) in [7, 11) is 0. The molecule has 0 spiro atoms. The van der Waals surface area contributed by atoms with Crippen LogP contribution < -0.4 is 0 Å². The van der Waals surface area contributed by atoms with E-state index in [2.05, 4.69) is 186 Å². The van der Waals surface area contributed by atoms with Crippen molar-refractivity contribution in [3.05, 3.63) is 231 Å². The monoisotopic (exact) mass is 766 g/mol. The second-order valence-corrected chi connectivity index (χ2v) is 14.7. The minimum Gasteiger partial charge on any atom is -0.256 e. The minimum atomic E-state index is 0.666. The van der Waals surface area contributed by atoms with Gasteiger partial charge in [0.25, 0.3) is 0 Å². The summed E-state index contributed by atoms with van der Waals surface area (Å²) in [6.45, 7) is 0. The highest BCUT2D eigenvalue weighted by molar-refractivity contribution is 5.88. The summed E-state index contributed by atoms with van der Waals surface area (Å²) in [4.78, 5) is 19.9. The number of hydrogen-bond acceptors (Lipinski definition) is 4. The molecule has 0 saturated heterocycles. The van der Waals surface area contributed by atoms with Gasteiger partial charge in [-0.1, -0.05) is 164 Å². The van der Waals surface area contributed by atoms with Crippen molar-refractivity contribution in [3.63, 3.8) is 0 Å². The van der Waals surface area contributed by atoms with E-state index in [0.717, 1.165) is 95.1 Å². The number of aromatic nitrogens is 4. The van der Waals surface area contributed by atoms with E-state index in [-0.39, 0.29) is 0 Å². The van der Waals surface area contributed by atoms with Gasteiger partial charge in [-0.15, -0.1) is 0 Å². The normalized spacial score (nSPS) is 11.0. The molecular weight excluding hydrogens is 729 g/mol. The van der Waals surface area contributed by atoms with E-state index < -0.39 is 0 Å². The van der Waals surface area contributed by atoms with Crippen LogP contribution in [0.4, 0.5) is 0 Å². The van der Waals surface area contributed by atoms with Crippen molar-refractivity contribution in [2.24, 2.45) is 0 Å². The van der Waals surface area contributed by atoms with E-state index >= 15 is 0 Å². The van der Waals surface area contributed by atoms with Crippen LogP contribution in [0.5, 0.6) is 0 Å². The third kappa shape index (κ3) is 7.53. The fraction of sp³-hybridized carbons (Fsp3) is 0.